The highest BCUT2D eigenvalue weighted by molar-refractivity contribution is 7.82. The molecular weight excluding hydrogens is 146 g/mol. The second-order valence-corrected chi connectivity index (χ2v) is 2.24. The molecule has 48 valence electrons. The van der Waals surface area contributed by atoms with E-state index >= 15 is 0 Å². The molecule has 0 aliphatic carbocycles. The van der Waals surface area contributed by atoms with E-state index in [0.29, 0.717) is 4.99 Å². The predicted molar refractivity (Wildman–Crippen MR) is 45.1 cm³/mol. The van der Waals surface area contributed by atoms with Gasteiger partial charge in [0, 0.05) is 6.20 Å². The Morgan fingerprint density at radius 1 is 1.30 bits per heavy atom. The number of fused-ring (bicyclic) bond motifs is 1. The summed E-state index contributed by atoms with van der Waals surface area (Å²) in [7, 11) is 0. The Morgan fingerprint density at radius 3 is 3.00 bits per heavy atom. The maximum Gasteiger partial charge on any atom is 0.155 e. The highest BCUT2D eigenvalue weighted by Gasteiger charge is 2.16. The van der Waals surface area contributed by atoms with Crippen LogP contribution in [0.5, 0.6) is 0 Å². The van der Waals surface area contributed by atoms with Crippen LogP contribution in [0.3, 0.4) is 0 Å². The molecule has 0 fully saturated rings. The Bertz CT molecular complexity index is 303. The van der Waals surface area contributed by atoms with Crippen molar-refractivity contribution in [1.82, 2.24) is 0 Å². The minimum Gasteiger partial charge on any atom is -0.251 e. The Labute approximate surface area is 62.9 Å². The first-order valence-corrected chi connectivity index (χ1v) is 3.18. The smallest absolute Gasteiger partial charge is 0.155 e. The summed E-state index contributed by atoms with van der Waals surface area (Å²) >= 11 is 4.89. The van der Waals surface area contributed by atoms with E-state index in [2.05, 4.69) is 15.0 Å². The van der Waals surface area contributed by atoms with E-state index in [4.69, 9.17) is 12.2 Å². The van der Waals surface area contributed by atoms with Gasteiger partial charge in [0.05, 0.1) is 5.71 Å². The summed E-state index contributed by atoms with van der Waals surface area (Å²) in [6.07, 6.45) is 4.94. The summed E-state index contributed by atoms with van der Waals surface area (Å²) in [5.74, 6) is 0. The van der Waals surface area contributed by atoms with Crippen molar-refractivity contribution in [2.45, 2.75) is 0 Å². The van der Waals surface area contributed by atoms with Crippen LogP contribution in [0.2, 0.25) is 0 Å². The fraction of sp³-hybridized carbons (Fsp3) is 0. The topological polar surface area (TPSA) is 37.1 Å². The fourth-order valence-corrected chi connectivity index (χ4v) is 1.01. The number of nitrogens with zero attached hydrogens (tertiary/aromatic N) is 3. The first-order chi connectivity index (χ1) is 4.88. The number of rotatable bonds is 0. The molecule has 2 heterocycles. The second-order valence-electron chi connectivity index (χ2n) is 1.86. The van der Waals surface area contributed by atoms with Crippen molar-refractivity contribution in [2.24, 2.45) is 15.0 Å². The predicted octanol–water partition coefficient (Wildman–Crippen LogP) is 0.765. The third kappa shape index (κ3) is 0.657. The van der Waals surface area contributed by atoms with Gasteiger partial charge < -0.3 is 0 Å². The van der Waals surface area contributed by atoms with Gasteiger partial charge in [-0.05, 0) is 6.08 Å². The van der Waals surface area contributed by atoms with E-state index in [-0.39, 0.29) is 0 Å². The van der Waals surface area contributed by atoms with E-state index in [1.54, 1.807) is 6.20 Å². The highest BCUT2D eigenvalue weighted by atomic mass is 32.1. The summed E-state index contributed by atoms with van der Waals surface area (Å²) in [5, 5.41) is 0. The van der Waals surface area contributed by atoms with Crippen LogP contribution in [0, 0.1) is 0 Å². The standard InChI is InChI=1S/C6H3N3S/c10-6-5-4(1-2-7-5)8-3-9-6/h1-3H. The van der Waals surface area contributed by atoms with Crippen molar-refractivity contribution < 1.29 is 0 Å². The molecule has 2 aliphatic rings. The molecule has 0 saturated heterocycles. The lowest BCUT2D eigenvalue weighted by Gasteiger charge is -2.01. The van der Waals surface area contributed by atoms with Gasteiger partial charge in [-0.2, -0.15) is 0 Å². The van der Waals surface area contributed by atoms with Crippen molar-refractivity contribution in [1.29, 1.82) is 0 Å². The van der Waals surface area contributed by atoms with Gasteiger partial charge in [-0.25, -0.2) is 9.98 Å². The van der Waals surface area contributed by atoms with Crippen LogP contribution in [0.4, 0.5) is 0 Å². The molecule has 2 aliphatic heterocycles. The molecule has 0 radical (unpaired) electrons. The van der Waals surface area contributed by atoms with Gasteiger partial charge in [0.15, 0.2) is 4.99 Å². The van der Waals surface area contributed by atoms with Crippen molar-refractivity contribution in [3.63, 3.8) is 0 Å². The van der Waals surface area contributed by atoms with Crippen LogP contribution in [-0.4, -0.2) is 22.8 Å². The van der Waals surface area contributed by atoms with E-state index in [9.17, 15) is 0 Å². The summed E-state index contributed by atoms with van der Waals surface area (Å²) in [6.45, 7) is 0. The third-order valence-corrected chi connectivity index (χ3v) is 1.55. The van der Waals surface area contributed by atoms with Crippen molar-refractivity contribution in [3.05, 3.63) is 12.3 Å². The lowest BCUT2D eigenvalue weighted by molar-refractivity contribution is 1.62. The van der Waals surface area contributed by atoms with E-state index in [0.717, 1.165) is 11.4 Å². The number of hydrogen-bond acceptors (Lipinski definition) is 3. The van der Waals surface area contributed by atoms with Crippen molar-refractivity contribution in [3.8, 4) is 0 Å². The largest absolute Gasteiger partial charge is 0.251 e. The molecular formula is C6H3N3S. The maximum atomic E-state index is 4.89. The Morgan fingerprint density at radius 2 is 2.20 bits per heavy atom. The van der Waals surface area contributed by atoms with Gasteiger partial charge in [0.1, 0.15) is 12.1 Å². The molecule has 0 aromatic rings. The van der Waals surface area contributed by atoms with Crippen molar-refractivity contribution in [2.75, 3.05) is 0 Å². The Hall–Kier alpha value is -1.16. The minimum atomic E-state index is 0.523. The zero-order valence-corrected chi connectivity index (χ0v) is 5.80. The normalized spacial score (nSPS) is 20.6. The van der Waals surface area contributed by atoms with Crippen LogP contribution in [0.25, 0.3) is 0 Å². The molecule has 0 amide bonds. The van der Waals surface area contributed by atoms with Crippen molar-refractivity contribution >= 4 is 35.0 Å². The number of aliphatic imine (C=N–C) groups is 3. The van der Waals surface area contributed by atoms with Crippen LogP contribution in [-0.2, 0) is 0 Å². The van der Waals surface area contributed by atoms with Gasteiger partial charge in [-0.3, -0.25) is 4.99 Å². The van der Waals surface area contributed by atoms with Gasteiger partial charge in [-0.15, -0.1) is 0 Å². The first kappa shape index (κ1) is 5.61. The molecule has 0 saturated carbocycles. The summed E-state index contributed by atoms with van der Waals surface area (Å²) < 4.78 is 0. The minimum absolute atomic E-state index is 0.523. The molecule has 3 nitrogen and oxygen atoms in total. The van der Waals surface area contributed by atoms with Gasteiger partial charge >= 0.3 is 0 Å². The molecule has 0 unspecified atom stereocenters. The summed E-state index contributed by atoms with van der Waals surface area (Å²) in [4.78, 5) is 12.3. The van der Waals surface area contributed by atoms with Gasteiger partial charge in [0.2, 0.25) is 0 Å². The second kappa shape index (κ2) is 1.91. The molecule has 0 bridgehead atoms. The number of thiocarbonyl (C=S) groups is 1. The lowest BCUT2D eigenvalue weighted by Crippen LogP contribution is -2.20. The van der Waals surface area contributed by atoms with Gasteiger partial charge in [-0.1, -0.05) is 12.2 Å². The average Bonchev–Trinajstić information content (AvgIpc) is 2.36. The molecule has 0 atom stereocenters. The molecule has 0 aromatic carbocycles. The van der Waals surface area contributed by atoms with E-state index < -0.39 is 0 Å². The average molecular weight is 149 g/mol. The van der Waals surface area contributed by atoms with E-state index in [1.165, 1.54) is 6.34 Å². The molecule has 2 rings (SSSR count). The summed E-state index contributed by atoms with van der Waals surface area (Å²) in [5.41, 5.74) is 1.54. The molecule has 0 N–H and O–H groups in total. The van der Waals surface area contributed by atoms with Crippen LogP contribution in [0.15, 0.2) is 27.3 Å². The fourth-order valence-electron chi connectivity index (χ4n) is 0.801. The number of hydrogen-bond donors (Lipinski definition) is 0. The maximum absolute atomic E-state index is 4.89. The molecule has 4 heteroatoms. The van der Waals surface area contributed by atoms with Gasteiger partial charge in [0.25, 0.3) is 0 Å². The Balaban J connectivity index is 2.54. The SMILES string of the molecule is S=C1N=CN=C2C=CN=C12. The lowest BCUT2D eigenvalue weighted by atomic mass is 10.2. The Kier molecular flexibility index (Phi) is 1.07. The highest BCUT2D eigenvalue weighted by Crippen LogP contribution is 2.04. The summed E-state index contributed by atoms with van der Waals surface area (Å²) in [6, 6.07) is 0. The first-order valence-electron chi connectivity index (χ1n) is 2.77. The quantitative estimate of drug-likeness (QED) is 0.468. The zero-order valence-electron chi connectivity index (χ0n) is 4.98. The van der Waals surface area contributed by atoms with Crippen LogP contribution >= 0.6 is 12.2 Å². The molecule has 10 heavy (non-hydrogen) atoms. The molecule has 0 aromatic heterocycles. The van der Waals surface area contributed by atoms with Crippen LogP contribution in [0.1, 0.15) is 0 Å². The third-order valence-electron chi connectivity index (χ3n) is 1.25. The zero-order chi connectivity index (χ0) is 6.97. The molecule has 0 spiro atoms. The van der Waals surface area contributed by atoms with E-state index in [1.807, 2.05) is 6.08 Å². The van der Waals surface area contributed by atoms with Crippen LogP contribution < -0.4 is 0 Å². The number of allylic oxidation sites excluding steroid dienone is 1. The monoisotopic (exact) mass is 149 g/mol.